The van der Waals surface area contributed by atoms with Gasteiger partial charge in [0.25, 0.3) is 5.91 Å². The van der Waals surface area contributed by atoms with E-state index in [-0.39, 0.29) is 5.69 Å². The van der Waals surface area contributed by atoms with Crippen molar-refractivity contribution in [3.05, 3.63) is 88.2 Å². The van der Waals surface area contributed by atoms with Crippen LogP contribution in [0.1, 0.15) is 51.5 Å². The standard InChI is InChI=1S/C24H26N2O4/c1-15-22(17(3)27)16(2)25-23(15)24(29)30-14-21(28)26-20-12-8-7-11-19(20)13-18-9-5-4-6-10-18/h4-12,17,25,27H,13-14H2,1-3H3,(H,26,28)/t17-/m0/s1. The fraction of sp³-hybridized carbons (Fsp3) is 0.250. The minimum Gasteiger partial charge on any atom is -0.451 e. The Bertz CT molecular complexity index is 1040. The van der Waals surface area contributed by atoms with Crippen molar-refractivity contribution in [2.75, 3.05) is 11.9 Å². The lowest BCUT2D eigenvalue weighted by atomic mass is 10.0. The number of nitrogens with one attached hydrogen (secondary N) is 2. The van der Waals surface area contributed by atoms with Crippen molar-refractivity contribution in [3.8, 4) is 0 Å². The molecule has 0 aliphatic heterocycles. The lowest BCUT2D eigenvalue weighted by molar-refractivity contribution is -0.119. The molecule has 0 unspecified atom stereocenters. The van der Waals surface area contributed by atoms with Crippen LogP contribution in [-0.2, 0) is 16.0 Å². The second-order valence-electron chi connectivity index (χ2n) is 7.28. The third-order valence-corrected chi connectivity index (χ3v) is 4.98. The SMILES string of the molecule is Cc1[nH]c(C(=O)OCC(=O)Nc2ccccc2Cc2ccccc2)c(C)c1[C@H](C)O. The molecule has 6 heteroatoms. The fourth-order valence-electron chi connectivity index (χ4n) is 3.60. The van der Waals surface area contributed by atoms with Crippen LogP contribution in [0, 0.1) is 13.8 Å². The molecule has 1 aromatic heterocycles. The first-order valence-corrected chi connectivity index (χ1v) is 9.82. The first-order valence-electron chi connectivity index (χ1n) is 9.82. The van der Waals surface area contributed by atoms with Gasteiger partial charge in [0.1, 0.15) is 5.69 Å². The summed E-state index contributed by atoms with van der Waals surface area (Å²) >= 11 is 0. The van der Waals surface area contributed by atoms with Crippen LogP contribution in [0.15, 0.2) is 54.6 Å². The second kappa shape index (κ2) is 9.41. The molecule has 2 aromatic carbocycles. The van der Waals surface area contributed by atoms with Gasteiger partial charge in [-0.05, 0) is 49.9 Å². The number of rotatable bonds is 7. The largest absolute Gasteiger partial charge is 0.451 e. The highest BCUT2D eigenvalue weighted by molar-refractivity contribution is 5.96. The van der Waals surface area contributed by atoms with Gasteiger partial charge in [-0.1, -0.05) is 48.5 Å². The smallest absolute Gasteiger partial charge is 0.355 e. The molecule has 0 fully saturated rings. The molecule has 0 spiro atoms. The van der Waals surface area contributed by atoms with Crippen molar-refractivity contribution < 1.29 is 19.4 Å². The highest BCUT2D eigenvalue weighted by Gasteiger charge is 2.21. The van der Waals surface area contributed by atoms with E-state index in [9.17, 15) is 14.7 Å². The van der Waals surface area contributed by atoms with Crippen molar-refractivity contribution in [3.63, 3.8) is 0 Å². The van der Waals surface area contributed by atoms with E-state index in [0.717, 1.165) is 11.1 Å². The van der Waals surface area contributed by atoms with Crippen LogP contribution in [-0.4, -0.2) is 28.6 Å². The summed E-state index contributed by atoms with van der Waals surface area (Å²) in [5.74, 6) is -1.05. The van der Waals surface area contributed by atoms with E-state index < -0.39 is 24.6 Å². The van der Waals surface area contributed by atoms with Crippen molar-refractivity contribution in [1.82, 2.24) is 4.98 Å². The van der Waals surface area contributed by atoms with Gasteiger partial charge in [-0.2, -0.15) is 0 Å². The molecule has 1 heterocycles. The lowest BCUT2D eigenvalue weighted by Crippen LogP contribution is -2.22. The molecule has 30 heavy (non-hydrogen) atoms. The third-order valence-electron chi connectivity index (χ3n) is 4.98. The van der Waals surface area contributed by atoms with Crippen LogP contribution >= 0.6 is 0 Å². The monoisotopic (exact) mass is 406 g/mol. The van der Waals surface area contributed by atoms with Gasteiger partial charge in [0.15, 0.2) is 6.61 Å². The number of hydrogen-bond donors (Lipinski definition) is 3. The average molecular weight is 406 g/mol. The quantitative estimate of drug-likeness (QED) is 0.516. The van der Waals surface area contributed by atoms with E-state index in [2.05, 4.69) is 10.3 Å². The van der Waals surface area contributed by atoms with E-state index in [1.807, 2.05) is 54.6 Å². The third kappa shape index (κ3) is 4.96. The van der Waals surface area contributed by atoms with Crippen LogP contribution in [0.5, 0.6) is 0 Å². The molecule has 0 bridgehead atoms. The predicted molar refractivity (Wildman–Crippen MR) is 116 cm³/mol. The topological polar surface area (TPSA) is 91.4 Å². The lowest BCUT2D eigenvalue weighted by Gasteiger charge is -2.11. The molecule has 6 nitrogen and oxygen atoms in total. The van der Waals surface area contributed by atoms with Crippen LogP contribution < -0.4 is 5.32 Å². The Morgan fingerprint density at radius 1 is 1.07 bits per heavy atom. The summed E-state index contributed by atoms with van der Waals surface area (Å²) in [7, 11) is 0. The molecular formula is C24H26N2O4. The van der Waals surface area contributed by atoms with Crippen molar-refractivity contribution in [2.45, 2.75) is 33.3 Å². The fourth-order valence-corrected chi connectivity index (χ4v) is 3.60. The minimum atomic E-state index is -0.702. The summed E-state index contributed by atoms with van der Waals surface area (Å²) in [6.45, 7) is 4.75. The number of aliphatic hydroxyl groups is 1. The van der Waals surface area contributed by atoms with Gasteiger partial charge in [0.05, 0.1) is 6.10 Å². The van der Waals surface area contributed by atoms with E-state index >= 15 is 0 Å². The number of carbonyl (C=O) groups excluding carboxylic acids is 2. The Hall–Kier alpha value is -3.38. The average Bonchev–Trinajstić information content (AvgIpc) is 3.02. The number of aliphatic hydroxyl groups excluding tert-OH is 1. The number of para-hydroxylation sites is 1. The van der Waals surface area contributed by atoms with Gasteiger partial charge in [0.2, 0.25) is 0 Å². The minimum absolute atomic E-state index is 0.251. The van der Waals surface area contributed by atoms with Gasteiger partial charge < -0.3 is 20.1 Å². The zero-order valence-electron chi connectivity index (χ0n) is 17.4. The highest BCUT2D eigenvalue weighted by Crippen LogP contribution is 2.25. The molecule has 3 rings (SSSR count). The molecule has 156 valence electrons. The summed E-state index contributed by atoms with van der Waals surface area (Å²) < 4.78 is 5.19. The van der Waals surface area contributed by atoms with Gasteiger partial charge in [0, 0.05) is 16.9 Å². The van der Waals surface area contributed by atoms with Crippen molar-refractivity contribution >= 4 is 17.6 Å². The Balaban J connectivity index is 1.63. The first-order chi connectivity index (χ1) is 14.4. The zero-order valence-corrected chi connectivity index (χ0v) is 17.4. The van der Waals surface area contributed by atoms with E-state index in [1.54, 1.807) is 20.8 Å². The highest BCUT2D eigenvalue weighted by atomic mass is 16.5. The van der Waals surface area contributed by atoms with Crippen LogP contribution in [0.4, 0.5) is 5.69 Å². The molecule has 0 saturated carbocycles. The molecule has 0 saturated heterocycles. The summed E-state index contributed by atoms with van der Waals surface area (Å²) in [6, 6.07) is 17.5. The summed E-state index contributed by atoms with van der Waals surface area (Å²) in [5, 5.41) is 12.7. The van der Waals surface area contributed by atoms with Gasteiger partial charge in [-0.15, -0.1) is 0 Å². The number of benzene rings is 2. The van der Waals surface area contributed by atoms with Gasteiger partial charge in [-0.3, -0.25) is 4.79 Å². The normalized spacial score (nSPS) is 11.7. The number of aromatic amines is 1. The summed E-state index contributed by atoms with van der Waals surface area (Å²) in [5.41, 5.74) is 5.04. The van der Waals surface area contributed by atoms with Crippen LogP contribution in [0.2, 0.25) is 0 Å². The molecule has 0 aliphatic carbocycles. The van der Waals surface area contributed by atoms with Crippen molar-refractivity contribution in [1.29, 1.82) is 0 Å². The number of carbonyl (C=O) groups is 2. The Kier molecular flexibility index (Phi) is 6.69. The maximum absolute atomic E-state index is 12.4. The number of aryl methyl sites for hydroxylation is 1. The van der Waals surface area contributed by atoms with E-state index in [4.69, 9.17) is 4.74 Å². The predicted octanol–water partition coefficient (Wildman–Crippen LogP) is 4.07. The van der Waals surface area contributed by atoms with Crippen molar-refractivity contribution in [2.24, 2.45) is 0 Å². The van der Waals surface area contributed by atoms with Gasteiger partial charge >= 0.3 is 5.97 Å². The Labute approximate surface area is 175 Å². The zero-order chi connectivity index (χ0) is 21.7. The number of aromatic nitrogens is 1. The number of esters is 1. The second-order valence-corrected chi connectivity index (χ2v) is 7.28. The summed E-state index contributed by atoms with van der Waals surface area (Å²) in [4.78, 5) is 27.7. The maximum atomic E-state index is 12.4. The number of anilines is 1. The van der Waals surface area contributed by atoms with Crippen LogP contribution in [0.25, 0.3) is 0 Å². The molecule has 3 aromatic rings. The first kappa shape index (κ1) is 21.3. The molecule has 1 atom stereocenters. The van der Waals surface area contributed by atoms with Gasteiger partial charge in [-0.25, -0.2) is 4.79 Å². The number of hydrogen-bond acceptors (Lipinski definition) is 4. The molecule has 1 amide bonds. The number of ether oxygens (including phenoxy) is 1. The Morgan fingerprint density at radius 3 is 2.40 bits per heavy atom. The van der Waals surface area contributed by atoms with E-state index in [0.29, 0.717) is 28.9 Å². The number of H-pyrrole nitrogens is 1. The summed E-state index contributed by atoms with van der Waals surface area (Å²) in [6.07, 6.45) is -0.0209. The number of amides is 1. The molecule has 3 N–H and O–H groups in total. The van der Waals surface area contributed by atoms with Crippen LogP contribution in [0.3, 0.4) is 0 Å². The van der Waals surface area contributed by atoms with E-state index in [1.165, 1.54) is 0 Å². The molecule has 0 aliphatic rings. The molecule has 0 radical (unpaired) electrons. The molecular weight excluding hydrogens is 380 g/mol. The Morgan fingerprint density at radius 2 is 1.73 bits per heavy atom. The maximum Gasteiger partial charge on any atom is 0.355 e.